The third-order valence-electron chi connectivity index (χ3n) is 4.19. The lowest BCUT2D eigenvalue weighted by atomic mass is 10.1. The quantitative estimate of drug-likeness (QED) is 0.486. The molecule has 0 amide bonds. The number of nitrogens with zero attached hydrogens (tertiary/aromatic N) is 1. The molecule has 0 saturated carbocycles. The van der Waals surface area contributed by atoms with Gasteiger partial charge in [-0.1, -0.05) is 48.5 Å². The maximum Gasteiger partial charge on any atom is 0.0490 e. The van der Waals surface area contributed by atoms with E-state index in [1.54, 1.807) is 0 Å². The van der Waals surface area contributed by atoms with Crippen LogP contribution in [0.5, 0.6) is 0 Å². The minimum Gasteiger partial charge on any atom is -0.310 e. The van der Waals surface area contributed by atoms with Crippen molar-refractivity contribution in [1.29, 1.82) is 0 Å². The van der Waals surface area contributed by atoms with Crippen LogP contribution in [-0.4, -0.2) is 0 Å². The van der Waals surface area contributed by atoms with Gasteiger partial charge in [0.25, 0.3) is 0 Å². The van der Waals surface area contributed by atoms with E-state index < -0.39 is 0 Å². The Kier molecular flexibility index (Phi) is 4.81. The van der Waals surface area contributed by atoms with Crippen molar-refractivity contribution < 1.29 is 0 Å². The van der Waals surface area contributed by atoms with Gasteiger partial charge in [-0.25, -0.2) is 0 Å². The lowest BCUT2D eigenvalue weighted by molar-refractivity contribution is 1.22. The Labute approximate surface area is 144 Å². The van der Waals surface area contributed by atoms with Gasteiger partial charge in [0.05, 0.1) is 0 Å². The second kappa shape index (κ2) is 7.18. The van der Waals surface area contributed by atoms with Crippen LogP contribution in [0, 0.1) is 13.8 Å². The Morgan fingerprint density at radius 3 is 2.25 bits per heavy atom. The van der Waals surface area contributed by atoms with E-state index in [1.807, 2.05) is 6.08 Å². The highest BCUT2D eigenvalue weighted by atomic mass is 15.1. The largest absolute Gasteiger partial charge is 0.310 e. The molecule has 3 rings (SSSR count). The molecule has 120 valence electrons. The molecule has 1 nitrogen and oxygen atoms in total. The predicted octanol–water partition coefficient (Wildman–Crippen LogP) is 6.50. The molecular weight excluding hydrogens is 290 g/mol. The van der Waals surface area contributed by atoms with Gasteiger partial charge in [-0.15, -0.1) is 6.58 Å². The zero-order valence-corrected chi connectivity index (χ0v) is 14.4. The van der Waals surface area contributed by atoms with Gasteiger partial charge < -0.3 is 4.90 Å². The fourth-order valence-corrected chi connectivity index (χ4v) is 2.96. The number of benzene rings is 3. The summed E-state index contributed by atoms with van der Waals surface area (Å²) in [5.41, 5.74) is 7.36. The summed E-state index contributed by atoms with van der Waals surface area (Å²) in [5, 5.41) is 0. The number of aryl methyl sites for hydroxylation is 2. The van der Waals surface area contributed by atoms with Crippen molar-refractivity contribution in [3.63, 3.8) is 0 Å². The first-order valence-corrected chi connectivity index (χ1v) is 8.31. The van der Waals surface area contributed by atoms with Crippen molar-refractivity contribution in [2.75, 3.05) is 4.90 Å². The standard InChI is InChI=1S/C23H23N/c1-4-8-20-13-15-21(16-14-20)24(22-11-7-9-18(2)17-22)23-12-6-5-10-19(23)3/h4-7,9-17H,1,8H2,2-3H3. The summed E-state index contributed by atoms with van der Waals surface area (Å²) in [4.78, 5) is 2.32. The van der Waals surface area contributed by atoms with Crippen molar-refractivity contribution in [2.24, 2.45) is 0 Å². The Bertz CT molecular complexity index is 831. The second-order valence-electron chi connectivity index (χ2n) is 6.12. The minimum atomic E-state index is 0.898. The molecule has 0 N–H and O–H groups in total. The summed E-state index contributed by atoms with van der Waals surface area (Å²) in [6, 6.07) is 25.9. The molecular formula is C23H23N. The molecule has 0 heterocycles. The van der Waals surface area contributed by atoms with E-state index in [0.717, 1.165) is 6.42 Å². The maximum absolute atomic E-state index is 3.82. The molecule has 0 fully saturated rings. The average molecular weight is 313 g/mol. The van der Waals surface area contributed by atoms with E-state index in [1.165, 1.54) is 33.8 Å². The van der Waals surface area contributed by atoms with Crippen molar-refractivity contribution in [2.45, 2.75) is 20.3 Å². The van der Waals surface area contributed by atoms with Crippen molar-refractivity contribution >= 4 is 17.1 Å². The normalized spacial score (nSPS) is 10.4. The van der Waals surface area contributed by atoms with E-state index >= 15 is 0 Å². The second-order valence-corrected chi connectivity index (χ2v) is 6.12. The molecule has 0 unspecified atom stereocenters. The highest BCUT2D eigenvalue weighted by Crippen LogP contribution is 2.36. The van der Waals surface area contributed by atoms with Gasteiger partial charge in [0.15, 0.2) is 0 Å². The number of para-hydroxylation sites is 1. The molecule has 1 heteroatoms. The highest BCUT2D eigenvalue weighted by molar-refractivity contribution is 5.78. The van der Waals surface area contributed by atoms with Crippen molar-refractivity contribution in [3.8, 4) is 0 Å². The summed E-state index contributed by atoms with van der Waals surface area (Å²) in [7, 11) is 0. The molecule has 0 aliphatic heterocycles. The predicted molar refractivity (Wildman–Crippen MR) is 105 cm³/mol. The smallest absolute Gasteiger partial charge is 0.0490 e. The zero-order chi connectivity index (χ0) is 16.9. The molecule has 3 aromatic carbocycles. The Hall–Kier alpha value is -2.80. The first-order chi connectivity index (χ1) is 11.7. The van der Waals surface area contributed by atoms with Crippen LogP contribution in [0.3, 0.4) is 0 Å². The van der Waals surface area contributed by atoms with E-state index in [2.05, 4.69) is 98.1 Å². The molecule has 0 bridgehead atoms. The highest BCUT2D eigenvalue weighted by Gasteiger charge is 2.14. The lowest BCUT2D eigenvalue weighted by Gasteiger charge is -2.27. The molecule has 0 atom stereocenters. The van der Waals surface area contributed by atoms with Gasteiger partial charge in [-0.3, -0.25) is 0 Å². The lowest BCUT2D eigenvalue weighted by Crippen LogP contribution is -2.11. The fraction of sp³-hybridized carbons (Fsp3) is 0.130. The first kappa shape index (κ1) is 16.1. The SMILES string of the molecule is C=CCc1ccc(N(c2cccc(C)c2)c2ccccc2C)cc1. The third kappa shape index (κ3) is 3.41. The van der Waals surface area contributed by atoms with E-state index in [4.69, 9.17) is 0 Å². The molecule has 0 aliphatic carbocycles. The van der Waals surface area contributed by atoms with Gasteiger partial charge in [0, 0.05) is 17.1 Å². The summed E-state index contributed by atoms with van der Waals surface area (Å²) in [6.07, 6.45) is 2.84. The van der Waals surface area contributed by atoms with Gasteiger partial charge in [-0.2, -0.15) is 0 Å². The van der Waals surface area contributed by atoms with Crippen LogP contribution < -0.4 is 4.90 Å². The Balaban J connectivity index is 2.11. The van der Waals surface area contributed by atoms with Crippen LogP contribution in [-0.2, 0) is 6.42 Å². The molecule has 3 aromatic rings. The number of hydrogen-bond acceptors (Lipinski definition) is 1. The van der Waals surface area contributed by atoms with Gasteiger partial charge in [0.2, 0.25) is 0 Å². The topological polar surface area (TPSA) is 3.24 Å². The van der Waals surface area contributed by atoms with Crippen molar-refractivity contribution in [1.82, 2.24) is 0 Å². The van der Waals surface area contributed by atoms with Crippen molar-refractivity contribution in [3.05, 3.63) is 102 Å². The summed E-state index contributed by atoms with van der Waals surface area (Å²) < 4.78 is 0. The van der Waals surface area contributed by atoms with Gasteiger partial charge in [-0.05, 0) is 67.3 Å². The number of allylic oxidation sites excluding steroid dienone is 1. The maximum atomic E-state index is 3.82. The van der Waals surface area contributed by atoms with Crippen LogP contribution in [0.25, 0.3) is 0 Å². The summed E-state index contributed by atoms with van der Waals surface area (Å²) >= 11 is 0. The molecule has 0 saturated heterocycles. The fourth-order valence-electron chi connectivity index (χ4n) is 2.96. The zero-order valence-electron chi connectivity index (χ0n) is 14.4. The van der Waals surface area contributed by atoms with Crippen LogP contribution in [0.1, 0.15) is 16.7 Å². The van der Waals surface area contributed by atoms with E-state index in [0.29, 0.717) is 0 Å². The van der Waals surface area contributed by atoms with Gasteiger partial charge >= 0.3 is 0 Å². The van der Waals surface area contributed by atoms with Crippen LogP contribution in [0.2, 0.25) is 0 Å². The van der Waals surface area contributed by atoms with Crippen LogP contribution >= 0.6 is 0 Å². The average Bonchev–Trinajstić information content (AvgIpc) is 2.59. The minimum absolute atomic E-state index is 0.898. The number of rotatable bonds is 5. The van der Waals surface area contributed by atoms with Crippen LogP contribution in [0.4, 0.5) is 17.1 Å². The number of anilines is 3. The Morgan fingerprint density at radius 1 is 0.833 bits per heavy atom. The molecule has 0 radical (unpaired) electrons. The molecule has 0 aliphatic rings. The first-order valence-electron chi connectivity index (χ1n) is 8.31. The molecule has 0 spiro atoms. The Morgan fingerprint density at radius 2 is 1.58 bits per heavy atom. The molecule has 0 aromatic heterocycles. The third-order valence-corrected chi connectivity index (χ3v) is 4.19. The number of hydrogen-bond donors (Lipinski definition) is 0. The van der Waals surface area contributed by atoms with E-state index in [-0.39, 0.29) is 0 Å². The van der Waals surface area contributed by atoms with Gasteiger partial charge in [0.1, 0.15) is 0 Å². The van der Waals surface area contributed by atoms with Crippen LogP contribution in [0.15, 0.2) is 85.5 Å². The van der Waals surface area contributed by atoms with E-state index in [9.17, 15) is 0 Å². The monoisotopic (exact) mass is 313 g/mol. The summed E-state index contributed by atoms with van der Waals surface area (Å²) in [6.45, 7) is 8.11. The summed E-state index contributed by atoms with van der Waals surface area (Å²) in [5.74, 6) is 0. The molecule has 24 heavy (non-hydrogen) atoms.